The summed E-state index contributed by atoms with van der Waals surface area (Å²) in [7, 11) is 0. The van der Waals surface area contributed by atoms with Crippen molar-refractivity contribution in [3.05, 3.63) is 0 Å². The molecule has 0 rings (SSSR count). The highest BCUT2D eigenvalue weighted by Crippen LogP contribution is 1.91. The van der Waals surface area contributed by atoms with Crippen molar-refractivity contribution < 1.29 is 19.7 Å². The van der Waals surface area contributed by atoms with Crippen molar-refractivity contribution in [3.8, 4) is 0 Å². The molecule has 5 nitrogen and oxygen atoms in total. The highest BCUT2D eigenvalue weighted by molar-refractivity contribution is 5.67. The smallest absolute Gasteiger partial charge is 0.413 e. The zero-order chi connectivity index (χ0) is 8.69. The average molecular weight is 163 g/mol. The highest BCUT2D eigenvalue weighted by Gasteiger charge is 2.10. The summed E-state index contributed by atoms with van der Waals surface area (Å²) in [4.78, 5) is 11.5. The first-order chi connectivity index (χ1) is 5.26. The van der Waals surface area contributed by atoms with Gasteiger partial charge in [0.2, 0.25) is 0 Å². The predicted octanol–water partition coefficient (Wildman–Crippen LogP) is -0.265. The number of ether oxygens (including phenoxy) is 1. The molecule has 1 amide bonds. The molecular weight excluding hydrogens is 150 g/mol. The predicted molar refractivity (Wildman–Crippen MR) is 37.6 cm³/mol. The Morgan fingerprint density at radius 1 is 1.45 bits per heavy atom. The van der Waals surface area contributed by atoms with Gasteiger partial charge in [0.25, 0.3) is 0 Å². The van der Waals surface area contributed by atoms with Crippen molar-refractivity contribution in [2.45, 2.75) is 13.3 Å². The lowest BCUT2D eigenvalue weighted by atomic mass is 10.5. The van der Waals surface area contributed by atoms with Crippen LogP contribution < -0.4 is 0 Å². The molecule has 0 aliphatic carbocycles. The van der Waals surface area contributed by atoms with E-state index < -0.39 is 19.6 Å². The number of hydrogen-bond donors (Lipinski definition) is 2. The third-order valence-electron chi connectivity index (χ3n) is 1.03. The van der Waals surface area contributed by atoms with Gasteiger partial charge in [0.15, 0.2) is 0 Å². The Bertz CT molecular complexity index is 113. The van der Waals surface area contributed by atoms with Crippen LogP contribution in [0.4, 0.5) is 4.79 Å². The minimum Gasteiger partial charge on any atom is -0.449 e. The Morgan fingerprint density at radius 2 is 2.00 bits per heavy atom. The Balaban J connectivity index is 3.61. The van der Waals surface area contributed by atoms with Crippen LogP contribution in [0.1, 0.15) is 13.3 Å². The van der Waals surface area contributed by atoms with Gasteiger partial charge in [-0.1, -0.05) is 6.92 Å². The standard InChI is InChI=1S/C6H13NO4/c1-2-3-11-6(10)7(4-8)5-9/h8-9H,2-5H2,1H3. The Morgan fingerprint density at radius 3 is 2.36 bits per heavy atom. The first-order valence-electron chi connectivity index (χ1n) is 3.39. The number of nitrogens with zero attached hydrogens (tertiary/aromatic N) is 1. The molecule has 0 spiro atoms. The van der Waals surface area contributed by atoms with Gasteiger partial charge in [-0.25, -0.2) is 4.79 Å². The normalized spacial score (nSPS) is 9.36. The number of amides is 1. The minimum absolute atomic E-state index is 0.301. The fourth-order valence-electron chi connectivity index (χ4n) is 0.441. The fraction of sp³-hybridized carbons (Fsp3) is 0.833. The Labute approximate surface area is 65.2 Å². The van der Waals surface area contributed by atoms with Crippen LogP contribution in [0.25, 0.3) is 0 Å². The van der Waals surface area contributed by atoms with E-state index in [0.29, 0.717) is 6.61 Å². The van der Waals surface area contributed by atoms with Gasteiger partial charge in [0, 0.05) is 0 Å². The van der Waals surface area contributed by atoms with Crippen molar-refractivity contribution >= 4 is 6.09 Å². The molecule has 0 atom stereocenters. The lowest BCUT2D eigenvalue weighted by molar-refractivity contribution is 0.0180. The second-order valence-electron chi connectivity index (χ2n) is 1.94. The summed E-state index contributed by atoms with van der Waals surface area (Å²) >= 11 is 0. The first-order valence-corrected chi connectivity index (χ1v) is 3.39. The van der Waals surface area contributed by atoms with E-state index in [4.69, 9.17) is 10.2 Å². The number of aliphatic hydroxyl groups excluding tert-OH is 2. The first kappa shape index (κ1) is 10.2. The van der Waals surface area contributed by atoms with Crippen LogP contribution in [0.15, 0.2) is 0 Å². The zero-order valence-corrected chi connectivity index (χ0v) is 6.49. The summed E-state index contributed by atoms with van der Waals surface area (Å²) in [5, 5.41) is 16.9. The lowest BCUT2D eigenvalue weighted by Crippen LogP contribution is -2.33. The molecule has 2 N–H and O–H groups in total. The van der Waals surface area contributed by atoms with E-state index in [-0.39, 0.29) is 0 Å². The molecule has 0 aromatic heterocycles. The summed E-state index contributed by atoms with van der Waals surface area (Å²) in [5.74, 6) is 0. The molecule has 0 radical (unpaired) electrons. The van der Waals surface area contributed by atoms with Gasteiger partial charge in [0.1, 0.15) is 13.5 Å². The number of hydrogen-bond acceptors (Lipinski definition) is 4. The maximum atomic E-state index is 10.7. The van der Waals surface area contributed by atoms with Gasteiger partial charge in [-0.15, -0.1) is 0 Å². The quantitative estimate of drug-likeness (QED) is 0.560. The third-order valence-corrected chi connectivity index (χ3v) is 1.03. The van der Waals surface area contributed by atoms with E-state index in [2.05, 4.69) is 4.74 Å². The van der Waals surface area contributed by atoms with E-state index in [1.165, 1.54) is 0 Å². The monoisotopic (exact) mass is 163 g/mol. The molecule has 11 heavy (non-hydrogen) atoms. The van der Waals surface area contributed by atoms with E-state index in [0.717, 1.165) is 11.3 Å². The number of carbonyl (C=O) groups is 1. The maximum Gasteiger partial charge on any atom is 0.413 e. The van der Waals surface area contributed by atoms with Crippen LogP contribution in [-0.4, -0.2) is 41.3 Å². The van der Waals surface area contributed by atoms with Gasteiger partial charge in [-0.2, -0.15) is 0 Å². The second-order valence-corrected chi connectivity index (χ2v) is 1.94. The summed E-state index contributed by atoms with van der Waals surface area (Å²) in [6, 6.07) is 0. The van der Waals surface area contributed by atoms with Crippen LogP contribution >= 0.6 is 0 Å². The van der Waals surface area contributed by atoms with E-state index in [1.807, 2.05) is 6.92 Å². The largest absolute Gasteiger partial charge is 0.449 e. The fourth-order valence-corrected chi connectivity index (χ4v) is 0.441. The van der Waals surface area contributed by atoms with E-state index in [9.17, 15) is 4.79 Å². The summed E-state index contributed by atoms with van der Waals surface area (Å²) in [6.45, 7) is 1.10. The van der Waals surface area contributed by atoms with E-state index >= 15 is 0 Å². The van der Waals surface area contributed by atoms with Gasteiger partial charge >= 0.3 is 6.09 Å². The van der Waals surface area contributed by atoms with Crippen LogP contribution in [0, 0.1) is 0 Å². The molecule has 0 saturated heterocycles. The molecule has 0 aromatic rings. The summed E-state index contributed by atoms with van der Waals surface area (Å²) < 4.78 is 4.60. The van der Waals surface area contributed by atoms with Crippen LogP contribution in [0.2, 0.25) is 0 Å². The summed E-state index contributed by atoms with van der Waals surface area (Å²) in [6.07, 6.45) is 0.0213. The number of rotatable bonds is 4. The maximum absolute atomic E-state index is 10.7. The molecule has 0 saturated carbocycles. The summed E-state index contributed by atoms with van der Waals surface area (Å²) in [5.41, 5.74) is 0. The molecule has 0 fully saturated rings. The second kappa shape index (κ2) is 5.94. The van der Waals surface area contributed by atoms with Crippen molar-refractivity contribution in [1.29, 1.82) is 0 Å². The van der Waals surface area contributed by atoms with Gasteiger partial charge < -0.3 is 14.9 Å². The SMILES string of the molecule is CCCOC(=O)N(CO)CO. The minimum atomic E-state index is -0.697. The van der Waals surface area contributed by atoms with Gasteiger partial charge in [-0.05, 0) is 6.42 Å². The van der Waals surface area contributed by atoms with Crippen LogP contribution in [-0.2, 0) is 4.74 Å². The van der Waals surface area contributed by atoms with Crippen molar-refractivity contribution in [2.24, 2.45) is 0 Å². The number of carbonyl (C=O) groups excluding carboxylic acids is 1. The molecule has 0 unspecified atom stereocenters. The van der Waals surface area contributed by atoms with Crippen LogP contribution in [0.3, 0.4) is 0 Å². The van der Waals surface area contributed by atoms with Crippen LogP contribution in [0.5, 0.6) is 0 Å². The third kappa shape index (κ3) is 3.79. The topological polar surface area (TPSA) is 70.0 Å². The van der Waals surface area contributed by atoms with E-state index in [1.54, 1.807) is 0 Å². The average Bonchev–Trinajstić information content (AvgIpc) is 2.03. The molecular formula is C6H13NO4. The molecule has 0 aliphatic rings. The lowest BCUT2D eigenvalue weighted by Gasteiger charge is -2.15. The van der Waals surface area contributed by atoms with Crippen molar-refractivity contribution in [3.63, 3.8) is 0 Å². The molecule has 0 aromatic carbocycles. The molecule has 0 bridgehead atoms. The van der Waals surface area contributed by atoms with Gasteiger partial charge in [0.05, 0.1) is 6.61 Å². The molecule has 5 heteroatoms. The van der Waals surface area contributed by atoms with Crippen molar-refractivity contribution in [2.75, 3.05) is 20.1 Å². The number of aliphatic hydroxyl groups is 2. The molecule has 0 aliphatic heterocycles. The molecule has 0 heterocycles. The van der Waals surface area contributed by atoms with Crippen molar-refractivity contribution in [1.82, 2.24) is 4.90 Å². The van der Waals surface area contributed by atoms with Gasteiger partial charge in [-0.3, -0.25) is 4.90 Å². The molecule has 66 valence electrons. The zero-order valence-electron chi connectivity index (χ0n) is 6.49. The Hall–Kier alpha value is -0.810. The Kier molecular flexibility index (Phi) is 5.50. The highest BCUT2D eigenvalue weighted by atomic mass is 16.6.